The van der Waals surface area contributed by atoms with Crippen LogP contribution in [0.4, 0.5) is 5.69 Å². The van der Waals surface area contributed by atoms with E-state index >= 15 is 0 Å². The molecule has 0 fully saturated rings. The van der Waals surface area contributed by atoms with E-state index < -0.39 is 0 Å². The number of hydrogen-bond acceptors (Lipinski definition) is 3. The van der Waals surface area contributed by atoms with Crippen LogP contribution in [-0.2, 0) is 0 Å². The fraction of sp³-hybridized carbons (Fsp3) is 0.350. The molecule has 0 heterocycles. The number of halogens is 2. The first-order valence-corrected chi connectivity index (χ1v) is 8.97. The lowest BCUT2D eigenvalue weighted by Gasteiger charge is -2.12. The third-order valence-electron chi connectivity index (χ3n) is 3.74. The van der Waals surface area contributed by atoms with E-state index in [1.165, 1.54) is 0 Å². The Labute approximate surface area is 159 Å². The molecule has 5 heteroatoms. The summed E-state index contributed by atoms with van der Waals surface area (Å²) in [5.41, 5.74) is 2.38. The van der Waals surface area contributed by atoms with Crippen molar-refractivity contribution in [3.8, 4) is 11.5 Å². The maximum absolute atomic E-state index is 6.29. The van der Waals surface area contributed by atoms with Gasteiger partial charge in [0.05, 0.1) is 23.8 Å². The molecule has 0 amide bonds. The molecule has 0 aliphatic heterocycles. The highest BCUT2D eigenvalue weighted by molar-refractivity contribution is 6.39. The first-order valence-electron chi connectivity index (χ1n) is 8.22. The summed E-state index contributed by atoms with van der Waals surface area (Å²) in [6, 6.07) is 9.36. The van der Waals surface area contributed by atoms with Crippen molar-refractivity contribution in [2.24, 2.45) is 10.9 Å². The molecule has 0 saturated carbocycles. The van der Waals surface area contributed by atoms with E-state index in [0.717, 1.165) is 23.3 Å². The van der Waals surface area contributed by atoms with E-state index in [0.29, 0.717) is 34.0 Å². The molecule has 0 spiro atoms. The van der Waals surface area contributed by atoms with Crippen LogP contribution in [0.2, 0.25) is 10.0 Å². The van der Waals surface area contributed by atoms with Crippen molar-refractivity contribution in [2.75, 3.05) is 13.7 Å². The Bertz CT molecular complexity index is 758. The first-order chi connectivity index (χ1) is 11.9. The molecule has 0 aromatic heterocycles. The second kappa shape index (κ2) is 9.12. The van der Waals surface area contributed by atoms with Gasteiger partial charge in [0.15, 0.2) is 11.5 Å². The van der Waals surface area contributed by atoms with Gasteiger partial charge in [0.2, 0.25) is 0 Å². The molecule has 2 rings (SSSR count). The van der Waals surface area contributed by atoms with Gasteiger partial charge in [0, 0.05) is 6.21 Å². The summed E-state index contributed by atoms with van der Waals surface area (Å²) < 4.78 is 11.2. The molecule has 3 nitrogen and oxygen atoms in total. The van der Waals surface area contributed by atoms with Crippen molar-refractivity contribution < 1.29 is 9.47 Å². The SMILES string of the molecule is COc1cc(C=Nc2c(Cl)ccc(C)c2Cl)ccc1OCCC(C)C. The van der Waals surface area contributed by atoms with Crippen molar-refractivity contribution >= 4 is 35.1 Å². The lowest BCUT2D eigenvalue weighted by molar-refractivity contribution is 0.273. The largest absolute Gasteiger partial charge is 0.493 e. The van der Waals surface area contributed by atoms with Gasteiger partial charge in [0.1, 0.15) is 5.69 Å². The first kappa shape index (κ1) is 19.6. The summed E-state index contributed by atoms with van der Waals surface area (Å²) in [5, 5.41) is 1.08. The Morgan fingerprint density at radius 1 is 1.12 bits per heavy atom. The molecule has 2 aromatic rings. The van der Waals surface area contributed by atoms with Gasteiger partial charge in [-0.05, 0) is 54.7 Å². The van der Waals surface area contributed by atoms with Crippen LogP contribution in [-0.4, -0.2) is 19.9 Å². The Morgan fingerprint density at radius 2 is 1.88 bits per heavy atom. The monoisotopic (exact) mass is 379 g/mol. The van der Waals surface area contributed by atoms with E-state index in [9.17, 15) is 0 Å². The van der Waals surface area contributed by atoms with Gasteiger partial charge in [-0.2, -0.15) is 0 Å². The highest BCUT2D eigenvalue weighted by atomic mass is 35.5. The minimum Gasteiger partial charge on any atom is -0.493 e. The number of nitrogens with zero attached hydrogens (tertiary/aromatic N) is 1. The fourth-order valence-electron chi connectivity index (χ4n) is 2.19. The molecular formula is C20H23Cl2NO2. The number of rotatable bonds is 7. The van der Waals surface area contributed by atoms with Crippen molar-refractivity contribution in [3.05, 3.63) is 51.5 Å². The topological polar surface area (TPSA) is 30.8 Å². The van der Waals surface area contributed by atoms with E-state index in [2.05, 4.69) is 18.8 Å². The molecule has 2 aromatic carbocycles. The third kappa shape index (κ3) is 5.38. The fourth-order valence-corrected chi connectivity index (χ4v) is 2.66. The molecule has 0 atom stereocenters. The van der Waals surface area contributed by atoms with E-state index in [4.69, 9.17) is 32.7 Å². The summed E-state index contributed by atoms with van der Waals surface area (Å²) in [6.45, 7) is 6.92. The molecule has 0 aliphatic carbocycles. The number of aryl methyl sites for hydroxylation is 1. The van der Waals surface area contributed by atoms with Crippen LogP contribution in [0.15, 0.2) is 35.3 Å². The summed E-state index contributed by atoms with van der Waals surface area (Å²) in [5.74, 6) is 2.00. The van der Waals surface area contributed by atoms with Crippen LogP contribution in [0.3, 0.4) is 0 Å². The molecule has 0 radical (unpaired) electrons. The number of ether oxygens (including phenoxy) is 2. The van der Waals surface area contributed by atoms with Crippen molar-refractivity contribution in [3.63, 3.8) is 0 Å². The zero-order valence-corrected chi connectivity index (χ0v) is 16.5. The van der Waals surface area contributed by atoms with Gasteiger partial charge < -0.3 is 9.47 Å². The van der Waals surface area contributed by atoms with Crippen molar-refractivity contribution in [2.45, 2.75) is 27.2 Å². The highest BCUT2D eigenvalue weighted by Crippen LogP contribution is 2.35. The summed E-state index contributed by atoms with van der Waals surface area (Å²) >= 11 is 12.5. The number of methoxy groups -OCH3 is 1. The van der Waals surface area contributed by atoms with Gasteiger partial charge >= 0.3 is 0 Å². The second-order valence-corrected chi connectivity index (χ2v) is 7.01. The number of benzene rings is 2. The highest BCUT2D eigenvalue weighted by Gasteiger charge is 2.08. The van der Waals surface area contributed by atoms with Gasteiger partial charge in [0.25, 0.3) is 0 Å². The standard InChI is InChI=1S/C20H23Cl2NO2/c1-13(2)9-10-25-17-8-6-15(11-18(17)24-4)12-23-20-16(21)7-5-14(3)19(20)22/h5-8,11-13H,9-10H2,1-4H3. The molecule has 0 aliphatic rings. The molecule has 0 saturated heterocycles. The summed E-state index contributed by atoms with van der Waals surface area (Å²) in [7, 11) is 1.62. The van der Waals surface area contributed by atoms with Crippen LogP contribution >= 0.6 is 23.2 Å². The number of aliphatic imine (C=N–C) groups is 1. The van der Waals surface area contributed by atoms with Crippen molar-refractivity contribution in [1.82, 2.24) is 0 Å². The normalized spacial score (nSPS) is 11.3. The Morgan fingerprint density at radius 3 is 2.56 bits per heavy atom. The van der Waals surface area contributed by atoms with Crippen LogP contribution in [0.5, 0.6) is 11.5 Å². The van der Waals surface area contributed by atoms with Gasteiger partial charge in [-0.15, -0.1) is 0 Å². The minimum atomic E-state index is 0.521. The van der Waals surface area contributed by atoms with Gasteiger partial charge in [-0.3, -0.25) is 4.99 Å². The molecule has 25 heavy (non-hydrogen) atoms. The molecule has 0 bridgehead atoms. The predicted molar refractivity (Wildman–Crippen MR) is 106 cm³/mol. The lowest BCUT2D eigenvalue weighted by atomic mass is 10.1. The quantitative estimate of drug-likeness (QED) is 0.514. The Balaban J connectivity index is 2.19. The summed E-state index contributed by atoms with van der Waals surface area (Å²) in [4.78, 5) is 4.44. The van der Waals surface area contributed by atoms with Crippen LogP contribution < -0.4 is 9.47 Å². The van der Waals surface area contributed by atoms with Crippen molar-refractivity contribution in [1.29, 1.82) is 0 Å². The van der Waals surface area contributed by atoms with Gasteiger partial charge in [-0.1, -0.05) is 43.1 Å². The van der Waals surface area contributed by atoms with Crippen LogP contribution in [0, 0.1) is 12.8 Å². The average molecular weight is 380 g/mol. The Kier molecular flexibility index (Phi) is 7.15. The molecule has 0 unspecified atom stereocenters. The predicted octanol–water partition coefficient (Wildman–Crippen LogP) is 6.49. The van der Waals surface area contributed by atoms with Crippen LogP contribution in [0.1, 0.15) is 31.4 Å². The minimum absolute atomic E-state index is 0.521. The van der Waals surface area contributed by atoms with E-state index in [1.54, 1.807) is 19.4 Å². The molecular weight excluding hydrogens is 357 g/mol. The maximum atomic E-state index is 6.29. The number of hydrogen-bond donors (Lipinski definition) is 0. The maximum Gasteiger partial charge on any atom is 0.161 e. The smallest absolute Gasteiger partial charge is 0.161 e. The molecule has 134 valence electrons. The van der Waals surface area contributed by atoms with E-state index in [1.807, 2.05) is 31.2 Å². The lowest BCUT2D eigenvalue weighted by Crippen LogP contribution is -2.03. The Hall–Kier alpha value is -1.71. The third-order valence-corrected chi connectivity index (χ3v) is 4.53. The second-order valence-electron chi connectivity index (χ2n) is 6.23. The average Bonchev–Trinajstić information content (AvgIpc) is 2.58. The zero-order valence-electron chi connectivity index (χ0n) is 15.0. The summed E-state index contributed by atoms with van der Waals surface area (Å²) in [6.07, 6.45) is 2.71. The van der Waals surface area contributed by atoms with Gasteiger partial charge in [-0.25, -0.2) is 0 Å². The van der Waals surface area contributed by atoms with Crippen LogP contribution in [0.25, 0.3) is 0 Å². The molecule has 0 N–H and O–H groups in total. The van der Waals surface area contributed by atoms with E-state index in [-0.39, 0.29) is 0 Å². The zero-order chi connectivity index (χ0) is 18.4.